The molecule has 1 aromatic rings. The number of amides is 1. The SMILES string of the molecule is NC(=O)CCCC=Cc1ccccc1. The molecule has 0 fully saturated rings. The van der Waals surface area contributed by atoms with Crippen molar-refractivity contribution in [1.29, 1.82) is 0 Å². The van der Waals surface area contributed by atoms with Crippen molar-refractivity contribution in [3.05, 3.63) is 42.0 Å². The zero-order valence-corrected chi connectivity index (χ0v) is 8.15. The topological polar surface area (TPSA) is 43.1 Å². The molecule has 14 heavy (non-hydrogen) atoms. The fourth-order valence-corrected chi connectivity index (χ4v) is 1.18. The van der Waals surface area contributed by atoms with Gasteiger partial charge in [-0.3, -0.25) is 4.79 Å². The number of nitrogens with two attached hydrogens (primary N) is 1. The van der Waals surface area contributed by atoms with Crippen LogP contribution in [0.5, 0.6) is 0 Å². The zero-order valence-electron chi connectivity index (χ0n) is 8.15. The third-order valence-electron chi connectivity index (χ3n) is 1.90. The molecule has 0 spiro atoms. The second kappa shape index (κ2) is 5.97. The summed E-state index contributed by atoms with van der Waals surface area (Å²) in [5, 5.41) is 0. The number of hydrogen-bond acceptors (Lipinski definition) is 1. The molecular weight excluding hydrogens is 174 g/mol. The van der Waals surface area contributed by atoms with Crippen molar-refractivity contribution in [2.75, 3.05) is 0 Å². The standard InChI is InChI=1S/C12H15NO/c13-12(14)10-6-2-5-9-11-7-3-1-4-8-11/h1,3-5,7-9H,2,6,10H2,(H2,13,14). The summed E-state index contributed by atoms with van der Waals surface area (Å²) in [5.41, 5.74) is 6.21. The number of primary amides is 1. The molecule has 2 N–H and O–H groups in total. The fourth-order valence-electron chi connectivity index (χ4n) is 1.18. The minimum Gasteiger partial charge on any atom is -0.370 e. The molecule has 1 rings (SSSR count). The van der Waals surface area contributed by atoms with E-state index in [0.717, 1.165) is 12.8 Å². The molecule has 74 valence electrons. The highest BCUT2D eigenvalue weighted by Crippen LogP contribution is 2.03. The smallest absolute Gasteiger partial charge is 0.217 e. The Hall–Kier alpha value is -1.57. The first kappa shape index (κ1) is 10.5. The van der Waals surface area contributed by atoms with Gasteiger partial charge in [0, 0.05) is 6.42 Å². The molecule has 0 atom stereocenters. The monoisotopic (exact) mass is 189 g/mol. The molecule has 0 saturated carbocycles. The summed E-state index contributed by atoms with van der Waals surface area (Å²) in [5.74, 6) is -0.224. The molecule has 0 heterocycles. The lowest BCUT2D eigenvalue weighted by molar-refractivity contribution is -0.118. The van der Waals surface area contributed by atoms with Crippen LogP contribution in [-0.4, -0.2) is 5.91 Å². The molecule has 1 amide bonds. The quantitative estimate of drug-likeness (QED) is 0.710. The summed E-state index contributed by atoms with van der Waals surface area (Å²) in [6.45, 7) is 0. The molecular formula is C12H15NO. The Labute approximate surface area is 84.4 Å². The Bertz CT molecular complexity index is 303. The van der Waals surface area contributed by atoms with Crippen molar-refractivity contribution in [2.24, 2.45) is 5.73 Å². The van der Waals surface area contributed by atoms with Crippen LogP contribution in [0.3, 0.4) is 0 Å². The maximum atomic E-state index is 10.4. The molecule has 0 unspecified atom stereocenters. The number of unbranched alkanes of at least 4 members (excludes halogenated alkanes) is 1. The largest absolute Gasteiger partial charge is 0.370 e. The van der Waals surface area contributed by atoms with Gasteiger partial charge in [-0.05, 0) is 18.4 Å². The van der Waals surface area contributed by atoms with Crippen LogP contribution in [-0.2, 0) is 4.79 Å². The average Bonchev–Trinajstić information content (AvgIpc) is 2.18. The number of hydrogen-bond donors (Lipinski definition) is 1. The Balaban J connectivity index is 2.25. The van der Waals surface area contributed by atoms with E-state index in [1.165, 1.54) is 5.56 Å². The van der Waals surface area contributed by atoms with Crippen LogP contribution in [0.1, 0.15) is 24.8 Å². The number of allylic oxidation sites excluding steroid dienone is 1. The summed E-state index contributed by atoms with van der Waals surface area (Å²) >= 11 is 0. The van der Waals surface area contributed by atoms with E-state index in [4.69, 9.17) is 5.73 Å². The number of carbonyl (C=O) groups is 1. The van der Waals surface area contributed by atoms with Crippen LogP contribution < -0.4 is 5.73 Å². The third kappa shape index (κ3) is 4.45. The maximum absolute atomic E-state index is 10.4. The number of rotatable bonds is 5. The Morgan fingerprint density at radius 3 is 2.64 bits per heavy atom. The van der Waals surface area contributed by atoms with Gasteiger partial charge in [-0.15, -0.1) is 0 Å². The lowest BCUT2D eigenvalue weighted by atomic mass is 10.1. The van der Waals surface area contributed by atoms with Gasteiger partial charge in [0.1, 0.15) is 0 Å². The second-order valence-electron chi connectivity index (χ2n) is 3.17. The normalized spacial score (nSPS) is 10.6. The van der Waals surface area contributed by atoms with E-state index < -0.39 is 0 Å². The van der Waals surface area contributed by atoms with Crippen molar-refractivity contribution >= 4 is 12.0 Å². The van der Waals surface area contributed by atoms with Crippen LogP contribution in [0.4, 0.5) is 0 Å². The molecule has 2 heteroatoms. The fraction of sp³-hybridized carbons (Fsp3) is 0.250. The predicted octanol–water partition coefficient (Wildman–Crippen LogP) is 2.36. The predicted molar refractivity (Wildman–Crippen MR) is 58.5 cm³/mol. The van der Waals surface area contributed by atoms with E-state index in [9.17, 15) is 4.79 Å². The number of benzene rings is 1. The second-order valence-corrected chi connectivity index (χ2v) is 3.17. The van der Waals surface area contributed by atoms with Gasteiger partial charge >= 0.3 is 0 Å². The van der Waals surface area contributed by atoms with Crippen molar-refractivity contribution in [3.63, 3.8) is 0 Å². The average molecular weight is 189 g/mol. The highest BCUT2D eigenvalue weighted by Gasteiger charge is 1.90. The van der Waals surface area contributed by atoms with Crippen LogP contribution in [0.15, 0.2) is 36.4 Å². The van der Waals surface area contributed by atoms with E-state index >= 15 is 0 Å². The summed E-state index contributed by atoms with van der Waals surface area (Å²) < 4.78 is 0. The Morgan fingerprint density at radius 1 is 1.29 bits per heavy atom. The minimum absolute atomic E-state index is 0.224. The molecule has 0 bridgehead atoms. The summed E-state index contributed by atoms with van der Waals surface area (Å²) in [6.07, 6.45) is 6.33. The molecule has 1 aromatic carbocycles. The molecule has 0 aliphatic rings. The summed E-state index contributed by atoms with van der Waals surface area (Å²) in [6, 6.07) is 10.1. The van der Waals surface area contributed by atoms with Gasteiger partial charge in [-0.2, -0.15) is 0 Å². The van der Waals surface area contributed by atoms with Gasteiger partial charge < -0.3 is 5.73 Å². The van der Waals surface area contributed by atoms with Crippen LogP contribution >= 0.6 is 0 Å². The maximum Gasteiger partial charge on any atom is 0.217 e. The highest BCUT2D eigenvalue weighted by atomic mass is 16.1. The van der Waals surface area contributed by atoms with Crippen LogP contribution in [0.25, 0.3) is 6.08 Å². The van der Waals surface area contributed by atoms with Crippen LogP contribution in [0, 0.1) is 0 Å². The lowest BCUT2D eigenvalue weighted by Gasteiger charge is -1.92. The van der Waals surface area contributed by atoms with E-state index in [0.29, 0.717) is 6.42 Å². The van der Waals surface area contributed by atoms with E-state index in [1.807, 2.05) is 30.3 Å². The van der Waals surface area contributed by atoms with Crippen molar-refractivity contribution in [2.45, 2.75) is 19.3 Å². The number of carbonyl (C=O) groups excluding carboxylic acids is 1. The van der Waals surface area contributed by atoms with Gasteiger partial charge in [-0.1, -0.05) is 42.5 Å². The first-order valence-electron chi connectivity index (χ1n) is 4.79. The van der Waals surface area contributed by atoms with Crippen molar-refractivity contribution in [1.82, 2.24) is 0 Å². The molecule has 0 radical (unpaired) electrons. The van der Waals surface area contributed by atoms with Gasteiger partial charge in [0.15, 0.2) is 0 Å². The molecule has 2 nitrogen and oxygen atoms in total. The highest BCUT2D eigenvalue weighted by molar-refractivity contribution is 5.73. The van der Waals surface area contributed by atoms with E-state index in [-0.39, 0.29) is 5.91 Å². The van der Waals surface area contributed by atoms with Gasteiger partial charge in [0.25, 0.3) is 0 Å². The van der Waals surface area contributed by atoms with Gasteiger partial charge in [-0.25, -0.2) is 0 Å². The molecule has 0 aliphatic carbocycles. The van der Waals surface area contributed by atoms with E-state index in [1.54, 1.807) is 0 Å². The first-order chi connectivity index (χ1) is 6.79. The third-order valence-corrected chi connectivity index (χ3v) is 1.90. The Kier molecular flexibility index (Phi) is 4.48. The Morgan fingerprint density at radius 2 is 2.00 bits per heavy atom. The molecule has 0 aliphatic heterocycles. The summed E-state index contributed by atoms with van der Waals surface area (Å²) in [4.78, 5) is 10.4. The minimum atomic E-state index is -0.224. The molecule has 0 aromatic heterocycles. The summed E-state index contributed by atoms with van der Waals surface area (Å²) in [7, 11) is 0. The van der Waals surface area contributed by atoms with Gasteiger partial charge in [0.2, 0.25) is 5.91 Å². The van der Waals surface area contributed by atoms with Crippen LogP contribution in [0.2, 0.25) is 0 Å². The lowest BCUT2D eigenvalue weighted by Crippen LogP contribution is -2.09. The van der Waals surface area contributed by atoms with E-state index in [2.05, 4.69) is 12.2 Å². The molecule has 0 saturated heterocycles. The van der Waals surface area contributed by atoms with Gasteiger partial charge in [0.05, 0.1) is 0 Å². The first-order valence-corrected chi connectivity index (χ1v) is 4.79. The zero-order chi connectivity index (χ0) is 10.2. The van der Waals surface area contributed by atoms with Crippen molar-refractivity contribution < 1.29 is 4.79 Å². The van der Waals surface area contributed by atoms with Crippen molar-refractivity contribution in [3.8, 4) is 0 Å².